The lowest BCUT2D eigenvalue weighted by atomic mass is 10.1. The Kier molecular flexibility index (Phi) is 5.17. The number of piperazine rings is 1. The number of aromatic nitrogens is 3. The van der Waals surface area contributed by atoms with Gasteiger partial charge in [-0.1, -0.05) is 24.3 Å². The first kappa shape index (κ1) is 18.8. The second-order valence-electron chi connectivity index (χ2n) is 7.94. The molecule has 0 atom stereocenters. The number of hydrogen-bond acceptors (Lipinski definition) is 6. The second-order valence-corrected chi connectivity index (χ2v) is 7.94. The Morgan fingerprint density at radius 1 is 0.767 bits per heavy atom. The number of pyridine rings is 1. The van der Waals surface area contributed by atoms with Gasteiger partial charge in [0.1, 0.15) is 23.7 Å². The molecule has 0 aliphatic carbocycles. The monoisotopic (exact) mass is 402 g/mol. The average molecular weight is 403 g/mol. The van der Waals surface area contributed by atoms with Crippen LogP contribution in [0.5, 0.6) is 0 Å². The van der Waals surface area contributed by atoms with Crippen molar-refractivity contribution in [3.8, 4) is 0 Å². The van der Waals surface area contributed by atoms with Crippen molar-refractivity contribution in [2.45, 2.75) is 19.3 Å². The molecule has 0 radical (unpaired) electrons. The Hall–Kier alpha value is -3.22. The molecule has 7 nitrogen and oxygen atoms in total. The van der Waals surface area contributed by atoms with E-state index in [1.807, 2.05) is 35.2 Å². The minimum absolute atomic E-state index is 0.00291. The summed E-state index contributed by atoms with van der Waals surface area (Å²) in [5.74, 6) is 1.96. The number of piperidine rings is 1. The number of anilines is 2. The van der Waals surface area contributed by atoms with Gasteiger partial charge >= 0.3 is 0 Å². The van der Waals surface area contributed by atoms with E-state index in [0.717, 1.165) is 48.6 Å². The molecule has 1 aromatic carbocycles. The van der Waals surface area contributed by atoms with Crippen molar-refractivity contribution in [1.82, 2.24) is 19.9 Å². The first-order chi connectivity index (χ1) is 14.8. The number of nitrogens with zero attached hydrogens (tertiary/aromatic N) is 6. The highest BCUT2D eigenvalue weighted by molar-refractivity contribution is 6.05. The molecule has 4 heterocycles. The molecule has 0 bridgehead atoms. The Labute approximate surface area is 176 Å². The van der Waals surface area contributed by atoms with Crippen molar-refractivity contribution >= 4 is 28.3 Å². The SMILES string of the molecule is O=C(c1nccc2ccccc12)N1CCN(c2cc(N3CCCCC3)ncn2)CC1. The number of carbonyl (C=O) groups is 1. The van der Waals surface area contributed by atoms with E-state index in [1.165, 1.54) is 19.3 Å². The van der Waals surface area contributed by atoms with Crippen molar-refractivity contribution in [2.24, 2.45) is 0 Å². The fraction of sp³-hybridized carbons (Fsp3) is 0.391. The van der Waals surface area contributed by atoms with E-state index in [4.69, 9.17) is 0 Å². The predicted octanol–water partition coefficient (Wildman–Crippen LogP) is 2.98. The molecular formula is C23H26N6O. The largest absolute Gasteiger partial charge is 0.356 e. The number of rotatable bonds is 3. The minimum atomic E-state index is 0.00291. The summed E-state index contributed by atoms with van der Waals surface area (Å²) < 4.78 is 0. The molecule has 2 aliphatic rings. The molecule has 2 aromatic heterocycles. The Morgan fingerprint density at radius 2 is 1.47 bits per heavy atom. The number of benzene rings is 1. The highest BCUT2D eigenvalue weighted by atomic mass is 16.2. The van der Waals surface area contributed by atoms with Crippen LogP contribution in [0, 0.1) is 0 Å². The van der Waals surface area contributed by atoms with Crippen LogP contribution in [0.1, 0.15) is 29.8 Å². The second kappa shape index (κ2) is 8.26. The number of hydrogen-bond donors (Lipinski definition) is 0. The van der Waals surface area contributed by atoms with Gasteiger partial charge in [0, 0.05) is 56.9 Å². The average Bonchev–Trinajstić information content (AvgIpc) is 2.84. The number of fused-ring (bicyclic) bond motifs is 1. The van der Waals surface area contributed by atoms with Crippen LogP contribution < -0.4 is 9.80 Å². The highest BCUT2D eigenvalue weighted by Gasteiger charge is 2.25. The van der Waals surface area contributed by atoms with E-state index >= 15 is 0 Å². The number of amides is 1. The van der Waals surface area contributed by atoms with Gasteiger partial charge in [0.15, 0.2) is 0 Å². The molecule has 2 fully saturated rings. The van der Waals surface area contributed by atoms with Crippen molar-refractivity contribution < 1.29 is 4.79 Å². The van der Waals surface area contributed by atoms with Gasteiger partial charge < -0.3 is 14.7 Å². The van der Waals surface area contributed by atoms with Crippen LogP contribution in [0.15, 0.2) is 48.9 Å². The van der Waals surface area contributed by atoms with Crippen LogP contribution in [0.4, 0.5) is 11.6 Å². The minimum Gasteiger partial charge on any atom is -0.356 e. The van der Waals surface area contributed by atoms with E-state index in [0.29, 0.717) is 18.8 Å². The standard InChI is InChI=1S/C23H26N6O/c30-23(22-19-7-3-2-6-18(19)8-9-24-22)29-14-12-28(13-15-29)21-16-20(25-17-26-21)27-10-4-1-5-11-27/h2-3,6-9,16-17H,1,4-5,10-15H2. The molecule has 154 valence electrons. The molecule has 2 aliphatic heterocycles. The Balaban J connectivity index is 1.28. The zero-order chi connectivity index (χ0) is 20.3. The lowest BCUT2D eigenvalue weighted by molar-refractivity contribution is 0.0743. The molecular weight excluding hydrogens is 376 g/mol. The summed E-state index contributed by atoms with van der Waals surface area (Å²) in [5, 5.41) is 1.95. The van der Waals surface area contributed by atoms with E-state index in [2.05, 4.69) is 30.8 Å². The maximum absolute atomic E-state index is 13.1. The maximum atomic E-state index is 13.1. The topological polar surface area (TPSA) is 65.5 Å². The zero-order valence-electron chi connectivity index (χ0n) is 17.1. The van der Waals surface area contributed by atoms with Crippen molar-refractivity contribution in [2.75, 3.05) is 49.1 Å². The Morgan fingerprint density at radius 3 is 2.23 bits per heavy atom. The third kappa shape index (κ3) is 3.67. The fourth-order valence-electron chi connectivity index (χ4n) is 4.38. The van der Waals surface area contributed by atoms with Gasteiger partial charge in [-0.3, -0.25) is 9.78 Å². The molecule has 0 spiro atoms. The zero-order valence-corrected chi connectivity index (χ0v) is 17.1. The first-order valence-electron chi connectivity index (χ1n) is 10.7. The van der Waals surface area contributed by atoms with E-state index in [-0.39, 0.29) is 5.91 Å². The summed E-state index contributed by atoms with van der Waals surface area (Å²) in [6, 6.07) is 12.0. The lowest BCUT2D eigenvalue weighted by Crippen LogP contribution is -2.49. The van der Waals surface area contributed by atoms with Crippen molar-refractivity contribution in [1.29, 1.82) is 0 Å². The highest BCUT2D eigenvalue weighted by Crippen LogP contribution is 2.23. The van der Waals surface area contributed by atoms with Crippen LogP contribution >= 0.6 is 0 Å². The summed E-state index contributed by atoms with van der Waals surface area (Å²) in [4.78, 5) is 33.0. The first-order valence-corrected chi connectivity index (χ1v) is 10.7. The van der Waals surface area contributed by atoms with Gasteiger partial charge in [0.2, 0.25) is 0 Å². The van der Waals surface area contributed by atoms with Gasteiger partial charge in [0.05, 0.1) is 0 Å². The van der Waals surface area contributed by atoms with Gasteiger partial charge in [-0.25, -0.2) is 9.97 Å². The molecule has 0 unspecified atom stereocenters. The molecule has 30 heavy (non-hydrogen) atoms. The smallest absolute Gasteiger partial charge is 0.273 e. The van der Waals surface area contributed by atoms with E-state index < -0.39 is 0 Å². The normalized spacial score (nSPS) is 17.4. The molecule has 0 N–H and O–H groups in total. The molecule has 1 amide bonds. The molecule has 7 heteroatoms. The maximum Gasteiger partial charge on any atom is 0.273 e. The summed E-state index contributed by atoms with van der Waals surface area (Å²) in [7, 11) is 0. The fourth-order valence-corrected chi connectivity index (χ4v) is 4.38. The predicted molar refractivity (Wildman–Crippen MR) is 118 cm³/mol. The van der Waals surface area contributed by atoms with E-state index in [1.54, 1.807) is 12.5 Å². The van der Waals surface area contributed by atoms with Gasteiger partial charge in [-0.2, -0.15) is 0 Å². The van der Waals surface area contributed by atoms with Crippen LogP contribution in [0.25, 0.3) is 10.8 Å². The van der Waals surface area contributed by atoms with Crippen molar-refractivity contribution in [3.63, 3.8) is 0 Å². The molecule has 0 saturated carbocycles. The quantitative estimate of drug-likeness (QED) is 0.671. The van der Waals surface area contributed by atoms with Crippen LogP contribution in [0.3, 0.4) is 0 Å². The molecule has 5 rings (SSSR count). The summed E-state index contributed by atoms with van der Waals surface area (Å²) in [6.45, 7) is 4.97. The van der Waals surface area contributed by atoms with Crippen LogP contribution in [-0.4, -0.2) is 65.0 Å². The van der Waals surface area contributed by atoms with Crippen LogP contribution in [-0.2, 0) is 0 Å². The Bertz CT molecular complexity index is 1040. The molecule has 2 saturated heterocycles. The van der Waals surface area contributed by atoms with Gasteiger partial charge in [-0.15, -0.1) is 0 Å². The summed E-state index contributed by atoms with van der Waals surface area (Å²) in [5.41, 5.74) is 0.538. The molecule has 3 aromatic rings. The van der Waals surface area contributed by atoms with Gasteiger partial charge in [-0.05, 0) is 30.7 Å². The third-order valence-electron chi connectivity index (χ3n) is 6.09. The van der Waals surface area contributed by atoms with E-state index in [9.17, 15) is 4.79 Å². The van der Waals surface area contributed by atoms with Crippen LogP contribution in [0.2, 0.25) is 0 Å². The summed E-state index contributed by atoms with van der Waals surface area (Å²) in [6.07, 6.45) is 7.13. The van der Waals surface area contributed by atoms with Gasteiger partial charge in [0.25, 0.3) is 5.91 Å². The van der Waals surface area contributed by atoms with Crippen molar-refractivity contribution in [3.05, 3.63) is 54.6 Å². The summed E-state index contributed by atoms with van der Waals surface area (Å²) >= 11 is 0. The number of carbonyl (C=O) groups excluding carboxylic acids is 1. The third-order valence-corrected chi connectivity index (χ3v) is 6.09. The lowest BCUT2D eigenvalue weighted by Gasteiger charge is -2.36.